The van der Waals surface area contributed by atoms with Gasteiger partial charge < -0.3 is 10.6 Å². The fourth-order valence-electron chi connectivity index (χ4n) is 0.854. The molecule has 0 unspecified atom stereocenters. The monoisotopic (exact) mass is 300 g/mol. The predicted molar refractivity (Wildman–Crippen MR) is 60.5 cm³/mol. The number of unbranched alkanes of at least 4 members (excludes halogenated alkanes) is 3. The van der Waals surface area contributed by atoms with Gasteiger partial charge >= 0.3 is 5.97 Å². The Kier molecular flexibility index (Phi) is 10.3. The maximum atomic E-state index is 10.6. The highest BCUT2D eigenvalue weighted by atomic mass is 127. The van der Waals surface area contributed by atoms with Crippen molar-refractivity contribution in [1.29, 1.82) is 0 Å². The summed E-state index contributed by atoms with van der Waals surface area (Å²) in [6.07, 6.45) is 4.38. The van der Waals surface area contributed by atoms with Crippen LogP contribution in [0.5, 0.6) is 0 Å². The molecule has 0 aliphatic carbocycles. The van der Waals surface area contributed by atoms with Crippen molar-refractivity contribution in [1.82, 2.24) is 5.48 Å². The fraction of sp³-hybridized carbons (Fsp3) is 0.875. The summed E-state index contributed by atoms with van der Waals surface area (Å²) in [5, 5.41) is 0. The maximum Gasteiger partial charge on any atom is 0.334 e. The lowest BCUT2D eigenvalue weighted by molar-refractivity contribution is -0.147. The Balaban J connectivity index is 2.95. The quantitative estimate of drug-likeness (QED) is 0.304. The van der Waals surface area contributed by atoms with Gasteiger partial charge in [-0.2, -0.15) is 5.48 Å². The lowest BCUT2D eigenvalue weighted by atomic mass is 10.2. The van der Waals surface area contributed by atoms with Crippen LogP contribution in [-0.4, -0.2) is 23.5 Å². The summed E-state index contributed by atoms with van der Waals surface area (Å²) in [6, 6.07) is 0. The van der Waals surface area contributed by atoms with Gasteiger partial charge in [0.2, 0.25) is 0 Å². The SMILES string of the molecule is NCCCCCCNOC(=O)CI. The lowest BCUT2D eigenvalue weighted by Crippen LogP contribution is -2.21. The first-order valence-corrected chi connectivity index (χ1v) is 6.02. The summed E-state index contributed by atoms with van der Waals surface area (Å²) < 4.78 is 0.387. The second-order valence-corrected chi connectivity index (χ2v) is 3.47. The molecule has 4 nitrogen and oxygen atoms in total. The fourth-order valence-corrected chi connectivity index (χ4v) is 1.01. The molecule has 0 fully saturated rings. The number of hydroxylamine groups is 1. The van der Waals surface area contributed by atoms with E-state index in [1.807, 2.05) is 22.6 Å². The molecule has 0 aliphatic rings. The number of alkyl halides is 1. The molecule has 0 aromatic heterocycles. The van der Waals surface area contributed by atoms with Crippen LogP contribution in [0.25, 0.3) is 0 Å². The predicted octanol–water partition coefficient (Wildman–Crippen LogP) is 0.988. The van der Waals surface area contributed by atoms with Gasteiger partial charge in [0.05, 0.1) is 4.43 Å². The molecule has 0 amide bonds. The minimum Gasteiger partial charge on any atom is -0.370 e. The van der Waals surface area contributed by atoms with E-state index in [-0.39, 0.29) is 5.97 Å². The van der Waals surface area contributed by atoms with E-state index in [9.17, 15) is 4.79 Å². The van der Waals surface area contributed by atoms with E-state index in [4.69, 9.17) is 5.73 Å². The zero-order chi connectivity index (χ0) is 9.94. The third-order valence-electron chi connectivity index (χ3n) is 1.53. The number of carbonyl (C=O) groups excluding carboxylic acids is 1. The van der Waals surface area contributed by atoms with E-state index >= 15 is 0 Å². The van der Waals surface area contributed by atoms with Crippen molar-refractivity contribution >= 4 is 28.6 Å². The molecule has 0 radical (unpaired) electrons. The van der Waals surface area contributed by atoms with Crippen LogP contribution in [0.4, 0.5) is 0 Å². The van der Waals surface area contributed by atoms with E-state index in [1.165, 1.54) is 0 Å². The Morgan fingerprint density at radius 2 is 2.00 bits per heavy atom. The van der Waals surface area contributed by atoms with Gasteiger partial charge in [-0.25, -0.2) is 4.79 Å². The molecule has 0 heterocycles. The van der Waals surface area contributed by atoms with Crippen molar-refractivity contribution in [2.75, 3.05) is 17.5 Å². The van der Waals surface area contributed by atoms with Crippen molar-refractivity contribution < 1.29 is 9.63 Å². The highest BCUT2D eigenvalue weighted by Gasteiger charge is 1.97. The first-order chi connectivity index (χ1) is 6.31. The molecule has 0 aliphatic heterocycles. The largest absolute Gasteiger partial charge is 0.370 e. The van der Waals surface area contributed by atoms with E-state index in [0.29, 0.717) is 4.43 Å². The number of nitrogens with two attached hydrogens (primary N) is 1. The van der Waals surface area contributed by atoms with Crippen LogP contribution in [0.3, 0.4) is 0 Å². The summed E-state index contributed by atoms with van der Waals surface area (Å²) in [5.74, 6) is -0.220. The average molecular weight is 300 g/mol. The maximum absolute atomic E-state index is 10.6. The van der Waals surface area contributed by atoms with Gasteiger partial charge in [0, 0.05) is 6.54 Å². The molecule has 0 atom stereocenters. The Hall–Kier alpha value is 0.120. The van der Waals surface area contributed by atoms with Gasteiger partial charge in [-0.1, -0.05) is 35.4 Å². The first-order valence-electron chi connectivity index (χ1n) is 4.49. The van der Waals surface area contributed by atoms with Crippen molar-refractivity contribution in [2.45, 2.75) is 25.7 Å². The Morgan fingerprint density at radius 3 is 2.62 bits per heavy atom. The molecule has 0 spiro atoms. The number of carbonyl (C=O) groups is 1. The van der Waals surface area contributed by atoms with Crippen molar-refractivity contribution in [3.63, 3.8) is 0 Å². The number of hydrogen-bond donors (Lipinski definition) is 2. The van der Waals surface area contributed by atoms with Gasteiger partial charge in [0.1, 0.15) is 0 Å². The van der Waals surface area contributed by atoms with Gasteiger partial charge in [0.15, 0.2) is 0 Å². The molecule has 0 rings (SSSR count). The minimum absolute atomic E-state index is 0.220. The molecule has 0 saturated heterocycles. The molecule has 78 valence electrons. The van der Waals surface area contributed by atoms with Gasteiger partial charge in [-0.3, -0.25) is 0 Å². The van der Waals surface area contributed by atoms with Crippen LogP contribution in [0, 0.1) is 0 Å². The third kappa shape index (κ3) is 10.0. The summed E-state index contributed by atoms with van der Waals surface area (Å²) in [7, 11) is 0. The molecule has 3 N–H and O–H groups in total. The first kappa shape index (κ1) is 13.1. The van der Waals surface area contributed by atoms with Crippen LogP contribution >= 0.6 is 22.6 Å². The van der Waals surface area contributed by atoms with Crippen LogP contribution in [0.2, 0.25) is 0 Å². The Bertz CT molecular complexity index is 133. The van der Waals surface area contributed by atoms with Gasteiger partial charge in [-0.15, -0.1) is 0 Å². The van der Waals surface area contributed by atoms with Crippen LogP contribution < -0.4 is 11.2 Å². The van der Waals surface area contributed by atoms with Crippen LogP contribution in [-0.2, 0) is 9.63 Å². The lowest BCUT2D eigenvalue weighted by Gasteiger charge is -2.03. The second kappa shape index (κ2) is 10.2. The molecule has 0 bridgehead atoms. The molecule has 5 heteroatoms. The molecular weight excluding hydrogens is 283 g/mol. The topological polar surface area (TPSA) is 64.3 Å². The summed E-state index contributed by atoms with van der Waals surface area (Å²) >= 11 is 1.96. The smallest absolute Gasteiger partial charge is 0.334 e. The average Bonchev–Trinajstić information content (AvgIpc) is 2.16. The van der Waals surface area contributed by atoms with Gasteiger partial charge in [0.25, 0.3) is 0 Å². The molecule has 13 heavy (non-hydrogen) atoms. The van der Waals surface area contributed by atoms with E-state index < -0.39 is 0 Å². The van der Waals surface area contributed by atoms with Crippen molar-refractivity contribution in [3.05, 3.63) is 0 Å². The summed E-state index contributed by atoms with van der Waals surface area (Å²) in [5.41, 5.74) is 7.97. The van der Waals surface area contributed by atoms with Crippen LogP contribution in [0.15, 0.2) is 0 Å². The van der Waals surface area contributed by atoms with E-state index in [1.54, 1.807) is 0 Å². The number of halogens is 1. The number of hydrogen-bond acceptors (Lipinski definition) is 4. The number of nitrogens with one attached hydrogen (secondary N) is 1. The van der Waals surface area contributed by atoms with Crippen molar-refractivity contribution in [2.24, 2.45) is 5.73 Å². The van der Waals surface area contributed by atoms with Crippen LogP contribution in [0.1, 0.15) is 25.7 Å². The van der Waals surface area contributed by atoms with E-state index in [2.05, 4.69) is 10.3 Å². The minimum atomic E-state index is -0.220. The molecular formula is C8H17IN2O2. The molecule has 0 aromatic carbocycles. The highest BCUT2D eigenvalue weighted by molar-refractivity contribution is 14.1. The summed E-state index contributed by atoms with van der Waals surface area (Å²) in [4.78, 5) is 15.3. The molecule has 0 saturated carbocycles. The zero-order valence-electron chi connectivity index (χ0n) is 7.72. The highest BCUT2D eigenvalue weighted by Crippen LogP contribution is 1.96. The molecule has 0 aromatic rings. The second-order valence-electron chi connectivity index (χ2n) is 2.70. The Labute approximate surface area is 92.7 Å². The third-order valence-corrected chi connectivity index (χ3v) is 2.15. The van der Waals surface area contributed by atoms with Crippen molar-refractivity contribution in [3.8, 4) is 0 Å². The van der Waals surface area contributed by atoms with E-state index in [0.717, 1.165) is 38.8 Å². The normalized spacial score (nSPS) is 10.0. The zero-order valence-corrected chi connectivity index (χ0v) is 9.88. The summed E-state index contributed by atoms with van der Waals surface area (Å²) in [6.45, 7) is 1.49. The standard InChI is InChI=1S/C8H17IN2O2/c9-7-8(12)13-11-6-4-2-1-3-5-10/h11H,1-7,10H2. The van der Waals surface area contributed by atoms with Gasteiger partial charge in [-0.05, 0) is 19.4 Å². The number of rotatable bonds is 8. The Morgan fingerprint density at radius 1 is 1.31 bits per heavy atom.